The molecule has 2 heterocycles. The van der Waals surface area contributed by atoms with E-state index in [2.05, 4.69) is 25.5 Å². The fourth-order valence-corrected chi connectivity index (χ4v) is 2.13. The van der Waals surface area contributed by atoms with Crippen molar-refractivity contribution in [2.75, 3.05) is 5.32 Å². The van der Waals surface area contributed by atoms with Crippen LogP contribution in [-0.4, -0.2) is 20.2 Å². The van der Waals surface area contributed by atoms with Crippen LogP contribution in [0, 0.1) is 0 Å². The molecule has 0 radical (unpaired) electrons. The van der Waals surface area contributed by atoms with E-state index in [-0.39, 0.29) is 30.0 Å². The van der Waals surface area contributed by atoms with Crippen molar-refractivity contribution < 1.29 is 30.8 Å². The minimum Gasteiger partial charge on any atom is -0.423 e. The smallest absolute Gasteiger partial charge is 0.416 e. The summed E-state index contributed by atoms with van der Waals surface area (Å²) >= 11 is 0. The van der Waals surface area contributed by atoms with Crippen LogP contribution >= 0.6 is 0 Å². The van der Waals surface area contributed by atoms with Crippen LogP contribution in [0.3, 0.4) is 0 Å². The first-order chi connectivity index (χ1) is 12.6. The Morgan fingerprint density at radius 1 is 0.889 bits per heavy atom. The largest absolute Gasteiger partial charge is 0.423 e. The number of nitrogens with zero attached hydrogens (tertiary/aromatic N) is 4. The quantitative estimate of drug-likeness (QED) is 0.675. The van der Waals surface area contributed by atoms with Gasteiger partial charge >= 0.3 is 12.4 Å². The Labute approximate surface area is 147 Å². The van der Waals surface area contributed by atoms with Gasteiger partial charge in [0.1, 0.15) is 0 Å². The number of nitrogens with one attached hydrogen (secondary N) is 1. The third-order valence-corrected chi connectivity index (χ3v) is 3.36. The molecule has 0 saturated heterocycles. The Morgan fingerprint density at radius 3 is 1.96 bits per heavy atom. The van der Waals surface area contributed by atoms with Gasteiger partial charge in [0.05, 0.1) is 16.7 Å². The number of halogens is 6. The molecule has 0 unspecified atom stereocenters. The molecule has 1 aromatic carbocycles. The van der Waals surface area contributed by atoms with E-state index < -0.39 is 23.5 Å². The summed E-state index contributed by atoms with van der Waals surface area (Å²) in [4.78, 5) is 7.80. The van der Waals surface area contributed by atoms with Crippen LogP contribution in [0.1, 0.15) is 16.7 Å². The van der Waals surface area contributed by atoms with Crippen molar-refractivity contribution in [3.63, 3.8) is 0 Å². The first-order valence-corrected chi connectivity index (χ1v) is 7.24. The topological polar surface area (TPSA) is 76.7 Å². The molecule has 0 aliphatic heterocycles. The first kappa shape index (κ1) is 18.6. The van der Waals surface area contributed by atoms with E-state index >= 15 is 0 Å². The van der Waals surface area contributed by atoms with Crippen LogP contribution in [0.2, 0.25) is 0 Å². The van der Waals surface area contributed by atoms with Crippen LogP contribution in [0.25, 0.3) is 11.5 Å². The molecule has 3 rings (SSSR count). The maximum absolute atomic E-state index is 12.8. The third kappa shape index (κ3) is 4.51. The second-order valence-corrected chi connectivity index (χ2v) is 5.31. The van der Waals surface area contributed by atoms with Crippen LogP contribution in [0.15, 0.2) is 41.4 Å². The zero-order valence-electron chi connectivity index (χ0n) is 13.1. The maximum atomic E-state index is 12.8. The van der Waals surface area contributed by atoms with E-state index in [0.29, 0.717) is 17.7 Å². The van der Waals surface area contributed by atoms with Crippen molar-refractivity contribution in [3.05, 3.63) is 53.7 Å². The standard InChI is InChI=1S/C15H9F6N5O/c16-14(17,18)10-1-8(2-11(3-10)15(19,20)21)4-22-13-23-5-9(6-24-13)12-26-25-7-27-12/h1-3,5-7H,4H2,(H,22,23,24). The van der Waals surface area contributed by atoms with E-state index in [9.17, 15) is 26.3 Å². The van der Waals surface area contributed by atoms with Gasteiger partial charge in [0.15, 0.2) is 0 Å². The lowest BCUT2D eigenvalue weighted by atomic mass is 10.0. The second-order valence-electron chi connectivity index (χ2n) is 5.31. The summed E-state index contributed by atoms with van der Waals surface area (Å²) in [5, 5.41) is 9.69. The predicted octanol–water partition coefficient (Wildman–Crippen LogP) is 4.18. The highest BCUT2D eigenvalue weighted by molar-refractivity contribution is 5.50. The van der Waals surface area contributed by atoms with Crippen LogP contribution in [0.5, 0.6) is 0 Å². The molecule has 6 nitrogen and oxygen atoms in total. The van der Waals surface area contributed by atoms with E-state index in [1.165, 1.54) is 12.4 Å². The number of aromatic nitrogens is 4. The van der Waals surface area contributed by atoms with Gasteiger partial charge in [-0.2, -0.15) is 26.3 Å². The molecule has 0 aliphatic carbocycles. The van der Waals surface area contributed by atoms with Crippen molar-refractivity contribution >= 4 is 5.95 Å². The van der Waals surface area contributed by atoms with E-state index in [0.717, 1.165) is 6.39 Å². The molecule has 0 spiro atoms. The first-order valence-electron chi connectivity index (χ1n) is 7.24. The molecule has 0 aliphatic rings. The summed E-state index contributed by atoms with van der Waals surface area (Å²) in [7, 11) is 0. The molecule has 1 N–H and O–H groups in total. The minimum atomic E-state index is -4.90. The maximum Gasteiger partial charge on any atom is 0.416 e. The average molecular weight is 389 g/mol. The highest BCUT2D eigenvalue weighted by atomic mass is 19.4. The van der Waals surface area contributed by atoms with Crippen molar-refractivity contribution in [2.45, 2.75) is 18.9 Å². The molecule has 0 amide bonds. The molecule has 3 aromatic rings. The third-order valence-electron chi connectivity index (χ3n) is 3.36. The average Bonchev–Trinajstić information content (AvgIpc) is 3.13. The number of benzene rings is 1. The van der Waals surface area contributed by atoms with Gasteiger partial charge in [0.25, 0.3) is 5.89 Å². The molecule has 27 heavy (non-hydrogen) atoms. The summed E-state index contributed by atoms with van der Waals surface area (Å²) in [6.07, 6.45) is -6.07. The van der Waals surface area contributed by atoms with Crippen LogP contribution in [0.4, 0.5) is 32.3 Å². The molecular formula is C15H9F6N5O. The van der Waals surface area contributed by atoms with Crippen molar-refractivity contribution in [1.29, 1.82) is 0 Å². The van der Waals surface area contributed by atoms with Crippen LogP contribution < -0.4 is 5.32 Å². The summed E-state index contributed by atoms with van der Waals surface area (Å²) in [5.41, 5.74) is -2.60. The number of rotatable bonds is 4. The summed E-state index contributed by atoms with van der Waals surface area (Å²) in [5.74, 6) is 0.165. The molecule has 0 fully saturated rings. The van der Waals surface area contributed by atoms with Gasteiger partial charge in [-0.1, -0.05) is 0 Å². The monoisotopic (exact) mass is 389 g/mol. The normalized spacial score (nSPS) is 12.2. The van der Waals surface area contributed by atoms with Gasteiger partial charge in [-0.25, -0.2) is 9.97 Å². The fraction of sp³-hybridized carbons (Fsp3) is 0.200. The lowest BCUT2D eigenvalue weighted by Gasteiger charge is -2.14. The van der Waals surface area contributed by atoms with Gasteiger partial charge in [-0.05, 0) is 23.8 Å². The lowest BCUT2D eigenvalue weighted by Crippen LogP contribution is -2.13. The van der Waals surface area contributed by atoms with E-state index in [1.54, 1.807) is 0 Å². The van der Waals surface area contributed by atoms with E-state index in [4.69, 9.17) is 4.42 Å². The van der Waals surface area contributed by atoms with E-state index in [1.807, 2.05) is 0 Å². The zero-order chi connectivity index (χ0) is 19.7. The Hall–Kier alpha value is -3.18. The lowest BCUT2D eigenvalue weighted by molar-refractivity contribution is -0.143. The highest BCUT2D eigenvalue weighted by Crippen LogP contribution is 2.36. The number of alkyl halides is 6. The number of hydrogen-bond donors (Lipinski definition) is 1. The molecule has 0 atom stereocenters. The molecule has 12 heteroatoms. The highest BCUT2D eigenvalue weighted by Gasteiger charge is 2.36. The van der Waals surface area contributed by atoms with Gasteiger partial charge in [-0.3, -0.25) is 0 Å². The van der Waals surface area contributed by atoms with Crippen LogP contribution in [-0.2, 0) is 18.9 Å². The SMILES string of the molecule is FC(F)(F)c1cc(CNc2ncc(-c3nnco3)cn2)cc(C(F)(F)F)c1. The number of anilines is 1. The summed E-state index contributed by atoms with van der Waals surface area (Å²) in [6.45, 7) is -0.340. The Bertz CT molecular complexity index is 874. The van der Waals surface area contributed by atoms with Gasteiger partial charge in [0.2, 0.25) is 12.3 Å². The molecule has 0 saturated carbocycles. The number of hydrogen-bond acceptors (Lipinski definition) is 6. The fourth-order valence-electron chi connectivity index (χ4n) is 2.13. The zero-order valence-corrected chi connectivity index (χ0v) is 13.1. The summed E-state index contributed by atoms with van der Waals surface area (Å²) in [6, 6.07) is 1.34. The minimum absolute atomic E-state index is 0.00392. The second kappa shape index (κ2) is 6.85. The Kier molecular flexibility index (Phi) is 4.72. The predicted molar refractivity (Wildman–Crippen MR) is 79.1 cm³/mol. The Morgan fingerprint density at radius 2 is 1.48 bits per heavy atom. The van der Waals surface area contributed by atoms with Gasteiger partial charge in [0, 0.05) is 18.9 Å². The van der Waals surface area contributed by atoms with Crippen molar-refractivity contribution in [3.8, 4) is 11.5 Å². The van der Waals surface area contributed by atoms with Crippen molar-refractivity contribution in [1.82, 2.24) is 20.2 Å². The molecule has 142 valence electrons. The summed E-state index contributed by atoms with van der Waals surface area (Å²) < 4.78 is 82.0. The van der Waals surface area contributed by atoms with Gasteiger partial charge < -0.3 is 9.73 Å². The molecular weight excluding hydrogens is 380 g/mol. The Balaban J connectivity index is 1.79. The molecule has 2 aromatic heterocycles. The van der Waals surface area contributed by atoms with Gasteiger partial charge in [-0.15, -0.1) is 10.2 Å². The molecule has 0 bridgehead atoms. The van der Waals surface area contributed by atoms with Crippen molar-refractivity contribution in [2.24, 2.45) is 0 Å².